The third-order valence-electron chi connectivity index (χ3n) is 5.25. The molecule has 2 aromatic carbocycles. The molecule has 4 heteroatoms. The number of hydrogen-bond acceptors (Lipinski definition) is 2. The van der Waals surface area contributed by atoms with Crippen molar-refractivity contribution in [2.24, 2.45) is 4.99 Å². The van der Waals surface area contributed by atoms with E-state index in [1.165, 1.54) is 16.8 Å². The van der Waals surface area contributed by atoms with Crippen LogP contribution in [0.1, 0.15) is 49.8 Å². The van der Waals surface area contributed by atoms with E-state index in [-0.39, 0.29) is 5.54 Å². The van der Waals surface area contributed by atoms with Gasteiger partial charge in [-0.3, -0.25) is 4.99 Å². The zero-order valence-corrected chi connectivity index (χ0v) is 17.7. The van der Waals surface area contributed by atoms with Gasteiger partial charge >= 0.3 is 0 Å². The van der Waals surface area contributed by atoms with Gasteiger partial charge in [0.1, 0.15) is 0 Å². The molecular formula is C21H24BrClN2. The Morgan fingerprint density at radius 1 is 1.28 bits per heavy atom. The van der Waals surface area contributed by atoms with Crippen molar-refractivity contribution in [1.82, 2.24) is 0 Å². The van der Waals surface area contributed by atoms with Gasteiger partial charge in [0.05, 0.1) is 10.7 Å². The Hall–Kier alpha value is -1.32. The summed E-state index contributed by atoms with van der Waals surface area (Å²) < 4.78 is 1.10. The molecule has 2 nitrogen and oxygen atoms in total. The minimum atomic E-state index is 0.139. The van der Waals surface area contributed by atoms with Crippen LogP contribution in [0.2, 0.25) is 5.02 Å². The van der Waals surface area contributed by atoms with E-state index in [4.69, 9.17) is 11.6 Å². The van der Waals surface area contributed by atoms with E-state index < -0.39 is 0 Å². The quantitative estimate of drug-likeness (QED) is 0.484. The first-order chi connectivity index (χ1) is 11.7. The molecule has 1 unspecified atom stereocenters. The fourth-order valence-corrected chi connectivity index (χ4v) is 4.01. The summed E-state index contributed by atoms with van der Waals surface area (Å²) in [7, 11) is 2.15. The maximum Gasteiger partial charge on any atom is 0.0633 e. The number of benzene rings is 2. The van der Waals surface area contributed by atoms with Crippen LogP contribution in [0.4, 0.5) is 11.4 Å². The molecule has 1 aliphatic rings. The lowest BCUT2D eigenvalue weighted by molar-refractivity contribution is 0.395. The second-order valence-electron chi connectivity index (χ2n) is 7.60. The molecule has 132 valence electrons. The SMILES string of the molecule is Cc1cc(N=Cc2cc3c(cc2Cl)N(C)C(C)(C)CC3C)ccc1Br. The van der Waals surface area contributed by atoms with Crippen LogP contribution in [0.3, 0.4) is 0 Å². The van der Waals surface area contributed by atoms with Crippen molar-refractivity contribution in [2.45, 2.75) is 45.6 Å². The van der Waals surface area contributed by atoms with Gasteiger partial charge in [-0.2, -0.15) is 0 Å². The summed E-state index contributed by atoms with van der Waals surface area (Å²) in [5, 5.41) is 0.744. The average molecular weight is 420 g/mol. The van der Waals surface area contributed by atoms with Gasteiger partial charge in [-0.1, -0.05) is 34.5 Å². The van der Waals surface area contributed by atoms with Gasteiger partial charge < -0.3 is 4.90 Å². The van der Waals surface area contributed by atoms with Crippen LogP contribution in [-0.4, -0.2) is 18.8 Å². The van der Waals surface area contributed by atoms with E-state index in [2.05, 4.69) is 78.8 Å². The standard InChI is InChI=1S/C21H24BrClN2/c1-13-8-16(6-7-18(13)22)24-12-15-9-17-14(2)11-21(3,4)25(5)20(17)10-19(15)23/h6-10,12,14H,11H2,1-5H3. The molecule has 2 aromatic rings. The lowest BCUT2D eigenvalue weighted by Crippen LogP contribution is -2.45. The predicted molar refractivity (Wildman–Crippen MR) is 113 cm³/mol. The predicted octanol–water partition coefficient (Wildman–Crippen LogP) is 6.88. The van der Waals surface area contributed by atoms with Gasteiger partial charge in [0, 0.05) is 34.5 Å². The molecule has 1 atom stereocenters. The zero-order chi connectivity index (χ0) is 18.4. The Bertz CT molecular complexity index is 842. The number of hydrogen-bond donors (Lipinski definition) is 0. The summed E-state index contributed by atoms with van der Waals surface area (Å²) in [5.74, 6) is 0.501. The number of anilines is 1. The maximum atomic E-state index is 6.56. The van der Waals surface area contributed by atoms with Crippen molar-refractivity contribution in [3.63, 3.8) is 0 Å². The molecule has 0 fully saturated rings. The highest BCUT2D eigenvalue weighted by molar-refractivity contribution is 9.10. The molecule has 25 heavy (non-hydrogen) atoms. The Morgan fingerprint density at radius 2 is 2.00 bits per heavy atom. The van der Waals surface area contributed by atoms with Crippen molar-refractivity contribution < 1.29 is 0 Å². The highest BCUT2D eigenvalue weighted by Gasteiger charge is 2.34. The number of nitrogens with zero attached hydrogens (tertiary/aromatic N) is 2. The van der Waals surface area contributed by atoms with Gasteiger partial charge in [0.15, 0.2) is 0 Å². The Kier molecular flexibility index (Phi) is 5.00. The zero-order valence-electron chi connectivity index (χ0n) is 15.4. The molecule has 0 amide bonds. The van der Waals surface area contributed by atoms with Gasteiger partial charge in [0.2, 0.25) is 0 Å². The monoisotopic (exact) mass is 418 g/mol. The molecular weight excluding hydrogens is 396 g/mol. The Balaban J connectivity index is 1.98. The first-order valence-electron chi connectivity index (χ1n) is 8.56. The van der Waals surface area contributed by atoms with Gasteiger partial charge in [-0.25, -0.2) is 0 Å². The molecule has 0 spiro atoms. The maximum absolute atomic E-state index is 6.56. The smallest absolute Gasteiger partial charge is 0.0633 e. The van der Waals surface area contributed by atoms with Crippen LogP contribution in [0.25, 0.3) is 0 Å². The number of fused-ring (bicyclic) bond motifs is 1. The normalized spacial score (nSPS) is 19.3. The average Bonchev–Trinajstić information content (AvgIpc) is 2.54. The summed E-state index contributed by atoms with van der Waals surface area (Å²) in [5.41, 5.74) is 5.79. The van der Waals surface area contributed by atoms with E-state index in [9.17, 15) is 0 Å². The third kappa shape index (κ3) is 3.63. The largest absolute Gasteiger partial charge is 0.369 e. The van der Waals surface area contributed by atoms with Crippen molar-refractivity contribution in [1.29, 1.82) is 0 Å². The van der Waals surface area contributed by atoms with Crippen molar-refractivity contribution in [3.8, 4) is 0 Å². The molecule has 3 rings (SSSR count). The van der Waals surface area contributed by atoms with Crippen LogP contribution < -0.4 is 4.90 Å². The minimum absolute atomic E-state index is 0.139. The first-order valence-corrected chi connectivity index (χ1v) is 9.73. The van der Waals surface area contributed by atoms with E-state index >= 15 is 0 Å². The van der Waals surface area contributed by atoms with Crippen LogP contribution in [0.15, 0.2) is 39.8 Å². The molecule has 0 aromatic heterocycles. The molecule has 1 aliphatic heterocycles. The highest BCUT2D eigenvalue weighted by atomic mass is 79.9. The van der Waals surface area contributed by atoms with Gasteiger partial charge in [0.25, 0.3) is 0 Å². The van der Waals surface area contributed by atoms with Crippen LogP contribution >= 0.6 is 27.5 Å². The topological polar surface area (TPSA) is 15.6 Å². The van der Waals surface area contributed by atoms with Crippen LogP contribution in [0.5, 0.6) is 0 Å². The summed E-state index contributed by atoms with van der Waals surface area (Å²) in [6, 6.07) is 10.4. The highest BCUT2D eigenvalue weighted by Crippen LogP contribution is 2.44. The van der Waals surface area contributed by atoms with Crippen molar-refractivity contribution >= 4 is 45.1 Å². The number of aliphatic imine (C=N–C) groups is 1. The van der Waals surface area contributed by atoms with Gasteiger partial charge in [-0.05, 0) is 74.6 Å². The van der Waals surface area contributed by atoms with Crippen LogP contribution in [-0.2, 0) is 0 Å². The molecule has 1 heterocycles. The fraction of sp³-hybridized carbons (Fsp3) is 0.381. The van der Waals surface area contributed by atoms with E-state index in [0.29, 0.717) is 5.92 Å². The van der Waals surface area contributed by atoms with E-state index in [1.807, 2.05) is 18.3 Å². The molecule has 0 saturated heterocycles. The molecule has 0 saturated carbocycles. The summed E-state index contributed by atoms with van der Waals surface area (Å²) in [6.45, 7) is 8.92. The number of aryl methyl sites for hydroxylation is 1. The van der Waals surface area contributed by atoms with Gasteiger partial charge in [-0.15, -0.1) is 0 Å². The molecule has 0 aliphatic carbocycles. The first kappa shape index (κ1) is 18.5. The molecule has 0 bridgehead atoms. The Labute approximate surface area is 164 Å². The molecule has 0 radical (unpaired) electrons. The second-order valence-corrected chi connectivity index (χ2v) is 8.86. The lowest BCUT2D eigenvalue weighted by atomic mass is 9.80. The summed E-state index contributed by atoms with van der Waals surface area (Å²) >= 11 is 10.1. The van der Waals surface area contributed by atoms with Crippen LogP contribution in [0, 0.1) is 6.92 Å². The lowest BCUT2D eigenvalue weighted by Gasteiger charge is -2.45. The number of halogens is 2. The van der Waals surface area contributed by atoms with E-state index in [1.54, 1.807) is 0 Å². The summed E-state index contributed by atoms with van der Waals surface area (Å²) in [6.07, 6.45) is 3.00. The van der Waals surface area contributed by atoms with Crippen molar-refractivity contribution in [2.75, 3.05) is 11.9 Å². The number of rotatable bonds is 2. The molecule has 0 N–H and O–H groups in total. The Morgan fingerprint density at radius 3 is 2.68 bits per heavy atom. The summed E-state index contributed by atoms with van der Waals surface area (Å²) in [4.78, 5) is 6.96. The second kappa shape index (κ2) is 6.77. The van der Waals surface area contributed by atoms with E-state index in [0.717, 1.165) is 27.2 Å². The fourth-order valence-electron chi connectivity index (χ4n) is 3.56. The van der Waals surface area contributed by atoms with Crippen molar-refractivity contribution in [3.05, 3.63) is 56.5 Å². The minimum Gasteiger partial charge on any atom is -0.369 e. The third-order valence-corrected chi connectivity index (χ3v) is 6.46.